The standard InChI is InChI=1S/C21H27NO4/c1-12-6-7-20(24)16-10-14-4-5-15(23)18-17(14)19(20,21(12,25)26-18)8-9-22(16)11-13-2-3-13/h4-5,13-14,16-17,23-25H,1-3,6-11H2/t14?,16?,17?,19-,20-,21+/m1/s1. The fraction of sp³-hybridized carbons (Fsp3) is 0.714. The summed E-state index contributed by atoms with van der Waals surface area (Å²) < 4.78 is 6.09. The Hall–Kier alpha value is -1.30. The van der Waals surface area contributed by atoms with Crippen molar-refractivity contribution in [2.75, 3.05) is 13.1 Å². The van der Waals surface area contributed by atoms with E-state index < -0.39 is 16.8 Å². The molecule has 5 fully saturated rings. The average molecular weight is 357 g/mol. The highest BCUT2D eigenvalue weighted by molar-refractivity contribution is 5.43. The van der Waals surface area contributed by atoms with Crippen LogP contribution in [-0.2, 0) is 4.74 Å². The lowest BCUT2D eigenvalue weighted by atomic mass is 9.42. The van der Waals surface area contributed by atoms with Crippen LogP contribution in [0.15, 0.2) is 35.8 Å². The summed E-state index contributed by atoms with van der Waals surface area (Å²) in [6, 6.07) is 0.0329. The van der Waals surface area contributed by atoms with Crippen LogP contribution in [0.25, 0.3) is 0 Å². The van der Waals surface area contributed by atoms with E-state index in [9.17, 15) is 15.3 Å². The largest absolute Gasteiger partial charge is 0.504 e. The summed E-state index contributed by atoms with van der Waals surface area (Å²) >= 11 is 0. The van der Waals surface area contributed by atoms with Crippen LogP contribution in [0.1, 0.15) is 38.5 Å². The van der Waals surface area contributed by atoms with Gasteiger partial charge in [0.15, 0.2) is 5.76 Å². The number of piperidine rings is 1. The number of rotatable bonds is 2. The molecule has 1 spiro atoms. The van der Waals surface area contributed by atoms with Crippen molar-refractivity contribution in [3.63, 3.8) is 0 Å². The molecule has 140 valence electrons. The predicted octanol–water partition coefficient (Wildman–Crippen LogP) is 2.23. The molecule has 0 aromatic carbocycles. The van der Waals surface area contributed by atoms with Gasteiger partial charge < -0.3 is 20.1 Å². The molecule has 4 aliphatic carbocycles. The van der Waals surface area contributed by atoms with E-state index in [0.717, 1.165) is 25.4 Å². The van der Waals surface area contributed by atoms with E-state index in [4.69, 9.17) is 4.74 Å². The van der Waals surface area contributed by atoms with Crippen LogP contribution < -0.4 is 0 Å². The lowest BCUT2D eigenvalue weighted by Gasteiger charge is -2.67. The summed E-state index contributed by atoms with van der Waals surface area (Å²) in [6.45, 7) is 6.04. The van der Waals surface area contributed by atoms with Gasteiger partial charge >= 0.3 is 0 Å². The summed E-state index contributed by atoms with van der Waals surface area (Å²) in [5, 5.41) is 34.3. The summed E-state index contributed by atoms with van der Waals surface area (Å²) in [5.74, 6) is -0.244. The third kappa shape index (κ3) is 1.53. The zero-order valence-corrected chi connectivity index (χ0v) is 15.0. The van der Waals surface area contributed by atoms with E-state index in [0.29, 0.717) is 30.6 Å². The van der Waals surface area contributed by atoms with E-state index in [2.05, 4.69) is 17.6 Å². The van der Waals surface area contributed by atoms with Crippen molar-refractivity contribution in [3.8, 4) is 0 Å². The minimum absolute atomic E-state index is 0.0329. The molecule has 0 radical (unpaired) electrons. The molecule has 0 amide bonds. The second-order valence-electron chi connectivity index (χ2n) is 9.44. The molecule has 2 saturated heterocycles. The molecule has 2 aliphatic heterocycles. The van der Waals surface area contributed by atoms with Gasteiger partial charge in [0.25, 0.3) is 0 Å². The number of allylic oxidation sites excluding steroid dienone is 3. The van der Waals surface area contributed by atoms with Gasteiger partial charge in [-0.15, -0.1) is 0 Å². The summed E-state index contributed by atoms with van der Waals surface area (Å²) in [7, 11) is 0. The Labute approximate surface area is 153 Å². The molecule has 3 unspecified atom stereocenters. The molecule has 0 aromatic rings. The molecule has 2 bridgehead atoms. The van der Waals surface area contributed by atoms with Crippen molar-refractivity contribution in [2.24, 2.45) is 23.2 Å². The van der Waals surface area contributed by atoms with E-state index >= 15 is 0 Å². The summed E-state index contributed by atoms with van der Waals surface area (Å²) in [5.41, 5.74) is -1.17. The van der Waals surface area contributed by atoms with Crippen LogP contribution in [0.2, 0.25) is 0 Å². The highest BCUT2D eigenvalue weighted by atomic mass is 16.6. The van der Waals surface area contributed by atoms with Gasteiger partial charge in [-0.2, -0.15) is 0 Å². The number of nitrogens with zero attached hydrogens (tertiary/aromatic N) is 1. The second kappa shape index (κ2) is 4.57. The van der Waals surface area contributed by atoms with Gasteiger partial charge in [-0.3, -0.25) is 4.90 Å². The molecule has 2 heterocycles. The molecule has 3 saturated carbocycles. The summed E-state index contributed by atoms with van der Waals surface area (Å²) in [4.78, 5) is 2.48. The van der Waals surface area contributed by atoms with Gasteiger partial charge in [0, 0.05) is 18.5 Å². The Morgan fingerprint density at radius 2 is 2.08 bits per heavy atom. The smallest absolute Gasteiger partial charge is 0.239 e. The van der Waals surface area contributed by atoms with Crippen molar-refractivity contribution in [1.29, 1.82) is 0 Å². The quantitative estimate of drug-likeness (QED) is 0.661. The zero-order valence-electron chi connectivity index (χ0n) is 15.0. The highest BCUT2D eigenvalue weighted by Gasteiger charge is 2.81. The molecule has 6 rings (SSSR count). The Kier molecular flexibility index (Phi) is 2.76. The number of hydrogen-bond donors (Lipinski definition) is 3. The predicted molar refractivity (Wildman–Crippen MR) is 94.9 cm³/mol. The molecule has 3 N–H and O–H groups in total. The third-order valence-electron chi connectivity index (χ3n) is 8.39. The van der Waals surface area contributed by atoms with Crippen molar-refractivity contribution in [3.05, 3.63) is 35.8 Å². The fourth-order valence-corrected chi connectivity index (χ4v) is 7.06. The molecule has 6 aliphatic rings. The SMILES string of the molecule is C=C1CC[C@@]2(O)C3CC4C=CC(O)=C5O[C@]1(O)[C@]2(CCN3CC1CC1)C54. The lowest BCUT2D eigenvalue weighted by molar-refractivity contribution is -0.318. The van der Waals surface area contributed by atoms with Crippen molar-refractivity contribution in [2.45, 2.75) is 56.0 Å². The third-order valence-corrected chi connectivity index (χ3v) is 8.39. The van der Waals surface area contributed by atoms with E-state index in [1.807, 2.05) is 0 Å². The van der Waals surface area contributed by atoms with Crippen LogP contribution in [0, 0.1) is 23.2 Å². The van der Waals surface area contributed by atoms with Crippen LogP contribution in [0.4, 0.5) is 0 Å². The first-order valence-corrected chi connectivity index (χ1v) is 10.1. The lowest BCUT2D eigenvalue weighted by Crippen LogP contribution is -2.78. The van der Waals surface area contributed by atoms with Gasteiger partial charge in [0.05, 0.1) is 11.0 Å². The van der Waals surface area contributed by atoms with Crippen LogP contribution in [0.3, 0.4) is 0 Å². The first-order chi connectivity index (χ1) is 12.4. The Morgan fingerprint density at radius 3 is 2.85 bits per heavy atom. The maximum Gasteiger partial charge on any atom is 0.239 e. The highest BCUT2D eigenvalue weighted by Crippen LogP contribution is 2.73. The molecule has 0 aromatic heterocycles. The van der Waals surface area contributed by atoms with Crippen molar-refractivity contribution in [1.82, 2.24) is 4.90 Å². The normalized spacial score (nSPS) is 52.1. The minimum atomic E-state index is -1.58. The first-order valence-electron chi connectivity index (χ1n) is 10.1. The van der Waals surface area contributed by atoms with Crippen molar-refractivity contribution >= 4 is 0 Å². The van der Waals surface area contributed by atoms with Gasteiger partial charge in [0.1, 0.15) is 5.76 Å². The topological polar surface area (TPSA) is 73.2 Å². The van der Waals surface area contributed by atoms with Gasteiger partial charge in [-0.1, -0.05) is 12.7 Å². The number of aliphatic hydroxyl groups excluding tert-OH is 1. The van der Waals surface area contributed by atoms with Gasteiger partial charge in [-0.05, 0) is 68.6 Å². The molecular formula is C21H27NO4. The Morgan fingerprint density at radius 1 is 1.27 bits per heavy atom. The van der Waals surface area contributed by atoms with E-state index in [1.54, 1.807) is 6.08 Å². The average Bonchev–Trinajstić information content (AvgIpc) is 3.36. The maximum atomic E-state index is 12.1. The number of likely N-dealkylation sites (tertiary alicyclic amines) is 1. The minimum Gasteiger partial charge on any atom is -0.504 e. The zero-order chi connectivity index (χ0) is 17.9. The van der Waals surface area contributed by atoms with Crippen LogP contribution in [0.5, 0.6) is 0 Å². The molecule has 26 heavy (non-hydrogen) atoms. The summed E-state index contributed by atoms with van der Waals surface area (Å²) in [6.07, 6.45) is 9.06. The number of aliphatic hydroxyl groups is 3. The maximum absolute atomic E-state index is 12.1. The van der Waals surface area contributed by atoms with Crippen LogP contribution >= 0.6 is 0 Å². The first kappa shape index (κ1) is 15.7. The van der Waals surface area contributed by atoms with Crippen LogP contribution in [-0.4, -0.2) is 50.7 Å². The Bertz CT molecular complexity index is 770. The Balaban J connectivity index is 1.55. The molecular weight excluding hydrogens is 330 g/mol. The van der Waals surface area contributed by atoms with Gasteiger partial charge in [0.2, 0.25) is 5.79 Å². The number of ether oxygens (including phenoxy) is 1. The monoisotopic (exact) mass is 357 g/mol. The fourth-order valence-electron chi connectivity index (χ4n) is 7.06. The molecule has 5 heteroatoms. The number of hydrogen-bond acceptors (Lipinski definition) is 5. The molecule has 5 nitrogen and oxygen atoms in total. The van der Waals surface area contributed by atoms with E-state index in [1.165, 1.54) is 12.8 Å². The molecule has 6 atom stereocenters. The van der Waals surface area contributed by atoms with Crippen molar-refractivity contribution < 1.29 is 20.1 Å². The second-order valence-corrected chi connectivity index (χ2v) is 9.44. The van der Waals surface area contributed by atoms with Gasteiger partial charge in [-0.25, -0.2) is 0 Å². The van der Waals surface area contributed by atoms with E-state index in [-0.39, 0.29) is 23.6 Å².